The Kier molecular flexibility index (Phi) is 4.40. The number of pyridine rings is 1. The Morgan fingerprint density at radius 3 is 2.95 bits per heavy atom. The number of amides is 1. The summed E-state index contributed by atoms with van der Waals surface area (Å²) in [4.78, 5) is 18.6. The molecule has 2 atom stereocenters. The molecule has 0 bridgehead atoms. The minimum atomic E-state index is 0.0998. The quantitative estimate of drug-likeness (QED) is 0.909. The van der Waals surface area contributed by atoms with Crippen LogP contribution in [0.4, 0.5) is 5.69 Å². The van der Waals surface area contributed by atoms with Crippen LogP contribution >= 0.6 is 0 Å². The smallest absolute Gasteiger partial charge is 0.257 e. The second kappa shape index (κ2) is 6.04. The molecule has 0 spiro atoms. The van der Waals surface area contributed by atoms with Crippen molar-refractivity contribution >= 4 is 11.6 Å². The maximum absolute atomic E-state index is 12.6. The molecule has 1 fully saturated rings. The zero-order chi connectivity index (χ0) is 13.8. The van der Waals surface area contributed by atoms with Crippen LogP contribution < -0.4 is 5.32 Å². The van der Waals surface area contributed by atoms with Gasteiger partial charge in [-0.2, -0.15) is 0 Å². The minimum Gasteiger partial charge on any atom is -0.385 e. The third-order valence-corrected chi connectivity index (χ3v) is 4.04. The normalized spacial score (nSPS) is 23.2. The lowest BCUT2D eigenvalue weighted by atomic mass is 9.88. The summed E-state index contributed by atoms with van der Waals surface area (Å²) in [6, 6.07) is 1.87. The molecular weight excluding hydrogens is 238 g/mol. The van der Waals surface area contributed by atoms with E-state index in [0.717, 1.165) is 31.7 Å². The van der Waals surface area contributed by atoms with E-state index in [-0.39, 0.29) is 5.91 Å². The maximum Gasteiger partial charge on any atom is 0.257 e. The number of hydrogen-bond donors (Lipinski definition) is 1. The highest BCUT2D eigenvalue weighted by Crippen LogP contribution is 2.25. The largest absolute Gasteiger partial charge is 0.385 e. The lowest BCUT2D eigenvalue weighted by Gasteiger charge is -2.35. The molecule has 0 saturated carbocycles. The standard InChI is InChI=1S/C15H23N3O/c1-4-17-14-5-7-16-9-13(14)15(19)18-8-6-11(2)12(3)10-18/h5,7,9,11-12H,4,6,8,10H2,1-3H3,(H,16,17). The Morgan fingerprint density at radius 2 is 2.26 bits per heavy atom. The fraction of sp³-hybridized carbons (Fsp3) is 0.600. The van der Waals surface area contributed by atoms with Crippen LogP contribution in [0.5, 0.6) is 0 Å². The van der Waals surface area contributed by atoms with Gasteiger partial charge in [-0.1, -0.05) is 13.8 Å². The molecule has 1 N–H and O–H groups in total. The van der Waals surface area contributed by atoms with E-state index in [4.69, 9.17) is 0 Å². The number of likely N-dealkylation sites (tertiary alicyclic amines) is 1. The summed E-state index contributed by atoms with van der Waals surface area (Å²) in [5, 5.41) is 3.23. The predicted molar refractivity (Wildman–Crippen MR) is 77.2 cm³/mol. The van der Waals surface area contributed by atoms with Crippen LogP contribution in [-0.2, 0) is 0 Å². The van der Waals surface area contributed by atoms with E-state index in [1.807, 2.05) is 17.9 Å². The van der Waals surface area contributed by atoms with E-state index in [9.17, 15) is 4.79 Å². The van der Waals surface area contributed by atoms with E-state index in [1.165, 1.54) is 0 Å². The molecule has 4 nitrogen and oxygen atoms in total. The van der Waals surface area contributed by atoms with Crippen molar-refractivity contribution in [3.8, 4) is 0 Å². The first-order valence-electron chi connectivity index (χ1n) is 7.10. The molecule has 0 radical (unpaired) electrons. The Bertz CT molecular complexity index is 447. The van der Waals surface area contributed by atoms with Crippen LogP contribution in [0.1, 0.15) is 37.6 Å². The zero-order valence-corrected chi connectivity index (χ0v) is 12.0. The molecule has 1 saturated heterocycles. The SMILES string of the molecule is CCNc1ccncc1C(=O)N1CCC(C)C(C)C1. The fourth-order valence-electron chi connectivity index (χ4n) is 2.53. The third-order valence-electron chi connectivity index (χ3n) is 4.04. The fourth-order valence-corrected chi connectivity index (χ4v) is 2.53. The predicted octanol–water partition coefficient (Wildman–Crippen LogP) is 2.63. The van der Waals surface area contributed by atoms with Gasteiger partial charge in [-0.3, -0.25) is 9.78 Å². The van der Waals surface area contributed by atoms with Gasteiger partial charge in [0.05, 0.1) is 11.3 Å². The van der Waals surface area contributed by atoms with Crippen molar-refractivity contribution < 1.29 is 4.79 Å². The Hall–Kier alpha value is -1.58. The van der Waals surface area contributed by atoms with Crippen LogP contribution in [0.15, 0.2) is 18.5 Å². The first-order chi connectivity index (χ1) is 9.13. The molecule has 1 aliphatic rings. The van der Waals surface area contributed by atoms with Gasteiger partial charge in [-0.05, 0) is 31.2 Å². The highest BCUT2D eigenvalue weighted by atomic mass is 16.2. The molecule has 19 heavy (non-hydrogen) atoms. The monoisotopic (exact) mass is 261 g/mol. The average Bonchev–Trinajstić information content (AvgIpc) is 2.42. The van der Waals surface area contributed by atoms with Crippen LogP contribution in [0, 0.1) is 11.8 Å². The summed E-state index contributed by atoms with van der Waals surface area (Å²) in [7, 11) is 0. The molecule has 1 amide bonds. The number of carbonyl (C=O) groups is 1. The second-order valence-electron chi connectivity index (χ2n) is 5.45. The summed E-state index contributed by atoms with van der Waals surface area (Å²) in [6.07, 6.45) is 4.47. The van der Waals surface area contributed by atoms with Gasteiger partial charge < -0.3 is 10.2 Å². The highest BCUT2D eigenvalue weighted by molar-refractivity contribution is 5.99. The minimum absolute atomic E-state index is 0.0998. The summed E-state index contributed by atoms with van der Waals surface area (Å²) < 4.78 is 0. The van der Waals surface area contributed by atoms with Crippen LogP contribution in [0.2, 0.25) is 0 Å². The summed E-state index contributed by atoms with van der Waals surface area (Å²) in [5.41, 5.74) is 1.57. The second-order valence-corrected chi connectivity index (χ2v) is 5.45. The van der Waals surface area contributed by atoms with Crippen molar-refractivity contribution in [2.24, 2.45) is 11.8 Å². The zero-order valence-electron chi connectivity index (χ0n) is 12.0. The number of piperidine rings is 1. The Balaban J connectivity index is 2.15. The Labute approximate surface area is 115 Å². The van der Waals surface area contributed by atoms with Crippen LogP contribution in [0.3, 0.4) is 0 Å². The van der Waals surface area contributed by atoms with Crippen LogP contribution in [-0.4, -0.2) is 35.4 Å². The van der Waals surface area contributed by atoms with Crippen molar-refractivity contribution in [3.63, 3.8) is 0 Å². The van der Waals surface area contributed by atoms with E-state index in [1.54, 1.807) is 12.4 Å². The van der Waals surface area contributed by atoms with Crippen LogP contribution in [0.25, 0.3) is 0 Å². The molecule has 0 aromatic carbocycles. The lowest BCUT2D eigenvalue weighted by Crippen LogP contribution is -2.42. The number of carbonyl (C=O) groups excluding carboxylic acids is 1. The lowest BCUT2D eigenvalue weighted by molar-refractivity contribution is 0.0628. The van der Waals surface area contributed by atoms with Crippen molar-refractivity contribution in [2.75, 3.05) is 25.0 Å². The number of rotatable bonds is 3. The number of aromatic nitrogens is 1. The van der Waals surface area contributed by atoms with E-state index < -0.39 is 0 Å². The average molecular weight is 261 g/mol. The van der Waals surface area contributed by atoms with Gasteiger partial charge in [0.15, 0.2) is 0 Å². The van der Waals surface area contributed by atoms with Crippen molar-refractivity contribution in [2.45, 2.75) is 27.2 Å². The number of hydrogen-bond acceptors (Lipinski definition) is 3. The molecule has 0 aliphatic carbocycles. The van der Waals surface area contributed by atoms with E-state index in [2.05, 4.69) is 24.1 Å². The number of nitrogens with zero attached hydrogens (tertiary/aromatic N) is 2. The molecule has 2 rings (SSSR count). The van der Waals surface area contributed by atoms with Crippen molar-refractivity contribution in [1.82, 2.24) is 9.88 Å². The van der Waals surface area contributed by atoms with Gasteiger partial charge >= 0.3 is 0 Å². The van der Waals surface area contributed by atoms with Crippen molar-refractivity contribution in [1.29, 1.82) is 0 Å². The van der Waals surface area contributed by atoms with Gasteiger partial charge in [-0.25, -0.2) is 0 Å². The molecule has 2 unspecified atom stereocenters. The third kappa shape index (κ3) is 3.06. The van der Waals surface area contributed by atoms with Gasteiger partial charge in [-0.15, -0.1) is 0 Å². The summed E-state index contributed by atoms with van der Waals surface area (Å²) in [5.74, 6) is 1.37. The first kappa shape index (κ1) is 13.8. The molecule has 4 heteroatoms. The van der Waals surface area contributed by atoms with Gasteiger partial charge in [0, 0.05) is 32.0 Å². The molecule has 1 aliphatic heterocycles. The highest BCUT2D eigenvalue weighted by Gasteiger charge is 2.27. The van der Waals surface area contributed by atoms with E-state index >= 15 is 0 Å². The molecule has 1 aromatic heterocycles. The number of nitrogens with one attached hydrogen (secondary N) is 1. The Morgan fingerprint density at radius 1 is 1.47 bits per heavy atom. The van der Waals surface area contributed by atoms with Gasteiger partial charge in [0.25, 0.3) is 5.91 Å². The summed E-state index contributed by atoms with van der Waals surface area (Å²) in [6.45, 7) is 9.02. The molecule has 104 valence electrons. The number of anilines is 1. The molecular formula is C15H23N3O. The van der Waals surface area contributed by atoms with E-state index in [0.29, 0.717) is 17.4 Å². The first-order valence-corrected chi connectivity index (χ1v) is 7.10. The molecule has 2 heterocycles. The molecule has 1 aromatic rings. The van der Waals surface area contributed by atoms with Gasteiger partial charge in [0.2, 0.25) is 0 Å². The summed E-state index contributed by atoms with van der Waals surface area (Å²) >= 11 is 0. The maximum atomic E-state index is 12.6. The van der Waals surface area contributed by atoms with Gasteiger partial charge in [0.1, 0.15) is 0 Å². The van der Waals surface area contributed by atoms with Crippen molar-refractivity contribution in [3.05, 3.63) is 24.0 Å². The topological polar surface area (TPSA) is 45.2 Å².